The Labute approximate surface area is 109 Å². The van der Waals surface area contributed by atoms with Crippen LogP contribution in [0.3, 0.4) is 0 Å². The molecule has 0 fully saturated rings. The Bertz CT molecular complexity index is 589. The molecule has 102 valence electrons. The zero-order valence-electron chi connectivity index (χ0n) is 10.7. The Morgan fingerprint density at radius 3 is 2.79 bits per heavy atom. The molecule has 19 heavy (non-hydrogen) atoms. The summed E-state index contributed by atoms with van der Waals surface area (Å²) in [7, 11) is 1.76. The normalized spacial score (nSPS) is 12.6. The molecule has 0 saturated heterocycles. The van der Waals surface area contributed by atoms with Crippen molar-refractivity contribution < 1.29 is 15.0 Å². The van der Waals surface area contributed by atoms with Crippen molar-refractivity contribution in [2.45, 2.75) is 13.5 Å². The first-order valence-corrected chi connectivity index (χ1v) is 5.80. The fourth-order valence-electron chi connectivity index (χ4n) is 1.75. The minimum atomic E-state index is -1.15. The number of carboxylic acids is 1. The smallest absolute Gasteiger partial charge is 0.358 e. The molecule has 2 aromatic rings. The summed E-state index contributed by atoms with van der Waals surface area (Å²) in [5.74, 6) is -0.726. The second-order valence-electron chi connectivity index (χ2n) is 4.42. The molecule has 2 N–H and O–H groups in total. The van der Waals surface area contributed by atoms with Crippen molar-refractivity contribution in [3.8, 4) is 11.5 Å². The zero-order chi connectivity index (χ0) is 14.0. The average Bonchev–Trinajstić information content (AvgIpc) is 2.95. The number of hydrogen-bond donors (Lipinski definition) is 2. The summed E-state index contributed by atoms with van der Waals surface area (Å²) in [6.07, 6.45) is 3.29. The van der Waals surface area contributed by atoms with Crippen molar-refractivity contribution in [3.05, 3.63) is 18.1 Å². The van der Waals surface area contributed by atoms with E-state index in [2.05, 4.69) is 15.3 Å². The van der Waals surface area contributed by atoms with E-state index in [0.29, 0.717) is 18.1 Å². The van der Waals surface area contributed by atoms with E-state index in [9.17, 15) is 4.79 Å². The summed E-state index contributed by atoms with van der Waals surface area (Å²) in [5, 5.41) is 25.8. The second-order valence-corrected chi connectivity index (χ2v) is 4.42. The van der Waals surface area contributed by atoms with Crippen molar-refractivity contribution in [1.82, 2.24) is 24.5 Å². The zero-order valence-corrected chi connectivity index (χ0v) is 10.7. The van der Waals surface area contributed by atoms with E-state index in [-0.39, 0.29) is 18.2 Å². The van der Waals surface area contributed by atoms with Crippen LogP contribution < -0.4 is 0 Å². The Hall–Kier alpha value is -2.22. The number of aromatic nitrogens is 5. The molecule has 0 amide bonds. The van der Waals surface area contributed by atoms with Crippen LogP contribution in [-0.2, 0) is 13.6 Å². The van der Waals surface area contributed by atoms with Gasteiger partial charge < -0.3 is 14.8 Å². The van der Waals surface area contributed by atoms with Crippen LogP contribution in [0, 0.1) is 5.92 Å². The monoisotopic (exact) mass is 265 g/mol. The summed E-state index contributed by atoms with van der Waals surface area (Å²) >= 11 is 0. The van der Waals surface area contributed by atoms with Gasteiger partial charge in [0, 0.05) is 32.6 Å². The average molecular weight is 265 g/mol. The highest BCUT2D eigenvalue weighted by molar-refractivity contribution is 5.91. The van der Waals surface area contributed by atoms with Gasteiger partial charge in [0.15, 0.2) is 5.82 Å². The van der Waals surface area contributed by atoms with Gasteiger partial charge in [0.05, 0.1) is 0 Å². The molecule has 1 atom stereocenters. The minimum absolute atomic E-state index is 0.0116. The first kappa shape index (κ1) is 13.2. The van der Waals surface area contributed by atoms with E-state index in [4.69, 9.17) is 10.2 Å². The number of aliphatic hydroxyl groups excluding tert-OH is 1. The Morgan fingerprint density at radius 2 is 2.26 bits per heavy atom. The molecule has 0 aliphatic rings. The van der Waals surface area contributed by atoms with Gasteiger partial charge >= 0.3 is 5.97 Å². The van der Waals surface area contributed by atoms with Gasteiger partial charge in [-0.3, -0.25) is 0 Å². The molecule has 2 heterocycles. The predicted molar refractivity (Wildman–Crippen MR) is 65.4 cm³/mol. The van der Waals surface area contributed by atoms with Gasteiger partial charge in [-0.15, -0.1) is 5.10 Å². The van der Waals surface area contributed by atoms with Gasteiger partial charge in [-0.05, 0) is 5.92 Å². The van der Waals surface area contributed by atoms with Gasteiger partial charge in [0.1, 0.15) is 5.69 Å². The molecule has 1 unspecified atom stereocenters. The van der Waals surface area contributed by atoms with Gasteiger partial charge in [-0.25, -0.2) is 14.5 Å². The lowest BCUT2D eigenvalue weighted by atomic mass is 10.2. The molecule has 0 bridgehead atoms. The third kappa shape index (κ3) is 2.48. The van der Waals surface area contributed by atoms with Crippen LogP contribution in [-0.4, -0.2) is 47.3 Å². The molecule has 0 saturated carbocycles. The largest absolute Gasteiger partial charge is 0.476 e. The standard InChI is InChI=1S/C11H15N5O3/c1-7(6-17)5-16-9(8(11(18)19)13-14-16)10-12-3-4-15(10)2/h3-4,7,17H,5-6H2,1-2H3,(H,18,19). The lowest BCUT2D eigenvalue weighted by molar-refractivity contribution is 0.0691. The molecule has 0 aromatic carbocycles. The summed E-state index contributed by atoms with van der Waals surface area (Å²) < 4.78 is 3.16. The third-order valence-corrected chi connectivity index (χ3v) is 2.77. The first-order valence-electron chi connectivity index (χ1n) is 5.80. The van der Waals surface area contributed by atoms with Crippen molar-refractivity contribution >= 4 is 5.97 Å². The maximum atomic E-state index is 11.2. The third-order valence-electron chi connectivity index (χ3n) is 2.77. The summed E-state index contributed by atoms with van der Waals surface area (Å²) in [5.41, 5.74) is 0.208. The number of nitrogens with zero attached hydrogens (tertiary/aromatic N) is 5. The highest BCUT2D eigenvalue weighted by Gasteiger charge is 2.24. The van der Waals surface area contributed by atoms with Crippen molar-refractivity contribution in [2.75, 3.05) is 6.61 Å². The minimum Gasteiger partial charge on any atom is -0.476 e. The van der Waals surface area contributed by atoms with Crippen LogP contribution >= 0.6 is 0 Å². The fourth-order valence-corrected chi connectivity index (χ4v) is 1.75. The van der Waals surface area contributed by atoms with Crippen molar-refractivity contribution in [2.24, 2.45) is 13.0 Å². The van der Waals surface area contributed by atoms with Gasteiger partial charge in [-0.2, -0.15) is 0 Å². The van der Waals surface area contributed by atoms with Crippen LogP contribution in [0.1, 0.15) is 17.4 Å². The lowest BCUT2D eigenvalue weighted by Gasteiger charge is -2.10. The fraction of sp³-hybridized carbons (Fsp3) is 0.455. The van der Waals surface area contributed by atoms with E-state index >= 15 is 0 Å². The molecular formula is C11H15N5O3. The van der Waals surface area contributed by atoms with E-state index in [1.165, 1.54) is 4.68 Å². The Kier molecular flexibility index (Phi) is 3.61. The molecule has 2 rings (SSSR count). The van der Waals surface area contributed by atoms with E-state index < -0.39 is 5.97 Å². The summed E-state index contributed by atoms with van der Waals surface area (Å²) in [4.78, 5) is 15.3. The number of hydrogen-bond acceptors (Lipinski definition) is 5. The quantitative estimate of drug-likeness (QED) is 0.788. The van der Waals surface area contributed by atoms with Crippen LogP contribution in [0.15, 0.2) is 12.4 Å². The van der Waals surface area contributed by atoms with Gasteiger partial charge in [0.25, 0.3) is 0 Å². The van der Waals surface area contributed by atoms with E-state index in [1.54, 1.807) is 24.0 Å². The van der Waals surface area contributed by atoms with Crippen LogP contribution in [0.25, 0.3) is 11.5 Å². The molecule has 8 heteroatoms. The van der Waals surface area contributed by atoms with Gasteiger partial charge in [0.2, 0.25) is 5.69 Å². The molecule has 0 radical (unpaired) electrons. The van der Waals surface area contributed by atoms with Crippen LogP contribution in [0.4, 0.5) is 0 Å². The number of aliphatic hydroxyl groups is 1. The van der Waals surface area contributed by atoms with Crippen molar-refractivity contribution in [1.29, 1.82) is 0 Å². The lowest BCUT2D eigenvalue weighted by Crippen LogP contribution is -2.15. The number of rotatable bonds is 5. The number of carbonyl (C=O) groups is 1. The summed E-state index contributed by atoms with van der Waals surface area (Å²) in [6, 6.07) is 0. The van der Waals surface area contributed by atoms with E-state index in [0.717, 1.165) is 0 Å². The van der Waals surface area contributed by atoms with Gasteiger partial charge in [-0.1, -0.05) is 12.1 Å². The van der Waals surface area contributed by atoms with Crippen molar-refractivity contribution in [3.63, 3.8) is 0 Å². The molecule has 0 spiro atoms. The number of aryl methyl sites for hydroxylation is 1. The Morgan fingerprint density at radius 1 is 1.53 bits per heavy atom. The summed E-state index contributed by atoms with van der Waals surface area (Å²) in [6.45, 7) is 2.20. The number of carboxylic acid groups (broad SMARTS) is 1. The highest BCUT2D eigenvalue weighted by atomic mass is 16.4. The molecular weight excluding hydrogens is 250 g/mol. The SMILES string of the molecule is CC(CO)Cn1nnc(C(=O)O)c1-c1nccn1C. The molecule has 2 aromatic heterocycles. The molecule has 0 aliphatic carbocycles. The number of imidazole rings is 1. The predicted octanol–water partition coefficient (Wildman–Crippen LogP) is 0.00520. The maximum Gasteiger partial charge on any atom is 0.358 e. The Balaban J connectivity index is 2.51. The second kappa shape index (κ2) is 5.19. The first-order chi connectivity index (χ1) is 9.04. The molecule has 8 nitrogen and oxygen atoms in total. The molecule has 0 aliphatic heterocycles. The number of aromatic carboxylic acids is 1. The maximum absolute atomic E-state index is 11.2. The van der Waals surface area contributed by atoms with E-state index in [1.807, 2.05) is 6.92 Å². The van der Waals surface area contributed by atoms with Crippen LogP contribution in [0.5, 0.6) is 0 Å². The topological polar surface area (TPSA) is 106 Å². The highest BCUT2D eigenvalue weighted by Crippen LogP contribution is 2.21. The van der Waals surface area contributed by atoms with Crippen LogP contribution in [0.2, 0.25) is 0 Å².